The Balaban J connectivity index is 2.06. The van der Waals surface area contributed by atoms with E-state index < -0.39 is 11.6 Å². The summed E-state index contributed by atoms with van der Waals surface area (Å²) in [6.07, 6.45) is 2.61. The third kappa shape index (κ3) is 4.35. The summed E-state index contributed by atoms with van der Waals surface area (Å²) in [7, 11) is 0. The van der Waals surface area contributed by atoms with Gasteiger partial charge in [0.05, 0.1) is 4.47 Å². The van der Waals surface area contributed by atoms with Crippen molar-refractivity contribution in [1.29, 1.82) is 0 Å². The van der Waals surface area contributed by atoms with Crippen LogP contribution in [-0.2, 0) is 6.54 Å². The predicted molar refractivity (Wildman–Crippen MR) is 82.2 cm³/mol. The van der Waals surface area contributed by atoms with Gasteiger partial charge in [-0.05, 0) is 40.0 Å². The van der Waals surface area contributed by atoms with E-state index in [2.05, 4.69) is 36.5 Å². The Kier molecular flexibility index (Phi) is 5.44. The fourth-order valence-electron chi connectivity index (χ4n) is 1.65. The molecule has 0 aliphatic rings. The summed E-state index contributed by atoms with van der Waals surface area (Å²) >= 11 is 3.35. The molecule has 7 heteroatoms. The highest BCUT2D eigenvalue weighted by atomic mass is 79.9. The quantitative estimate of drug-likeness (QED) is 0.822. The van der Waals surface area contributed by atoms with Gasteiger partial charge in [0.2, 0.25) is 5.95 Å². The molecule has 2 aromatic rings. The largest absolute Gasteiger partial charge is 0.365 e. The number of benzene rings is 1. The van der Waals surface area contributed by atoms with Crippen LogP contribution in [0.3, 0.4) is 0 Å². The van der Waals surface area contributed by atoms with Crippen LogP contribution in [0.5, 0.6) is 0 Å². The Morgan fingerprint density at radius 3 is 2.71 bits per heavy atom. The van der Waals surface area contributed by atoms with Crippen molar-refractivity contribution >= 4 is 27.7 Å². The third-order valence-corrected chi connectivity index (χ3v) is 3.30. The Morgan fingerprint density at radius 2 is 2.00 bits per heavy atom. The molecular weight excluding hydrogens is 342 g/mol. The van der Waals surface area contributed by atoms with Crippen LogP contribution in [0.1, 0.15) is 18.9 Å². The zero-order valence-electron chi connectivity index (χ0n) is 11.5. The predicted octanol–water partition coefficient (Wildman–Crippen LogP) is 3.95. The SMILES string of the molecule is CCCNc1ncc(Br)c(NCc2ccc(F)c(F)c2)n1. The molecule has 0 bridgehead atoms. The zero-order valence-corrected chi connectivity index (χ0v) is 13.0. The van der Waals surface area contributed by atoms with Crippen LogP contribution >= 0.6 is 15.9 Å². The number of aromatic nitrogens is 2. The van der Waals surface area contributed by atoms with Crippen molar-refractivity contribution in [3.8, 4) is 0 Å². The average molecular weight is 357 g/mol. The van der Waals surface area contributed by atoms with Crippen LogP contribution in [0.15, 0.2) is 28.9 Å². The number of hydrogen-bond donors (Lipinski definition) is 2. The lowest BCUT2D eigenvalue weighted by Crippen LogP contribution is -2.08. The molecule has 1 aromatic carbocycles. The van der Waals surface area contributed by atoms with E-state index in [9.17, 15) is 8.78 Å². The van der Waals surface area contributed by atoms with Crippen LogP contribution in [0.4, 0.5) is 20.5 Å². The molecule has 0 spiro atoms. The molecule has 2 N–H and O–H groups in total. The molecule has 0 fully saturated rings. The summed E-state index contributed by atoms with van der Waals surface area (Å²) in [6.45, 7) is 3.17. The van der Waals surface area contributed by atoms with Crippen molar-refractivity contribution in [1.82, 2.24) is 9.97 Å². The fraction of sp³-hybridized carbons (Fsp3) is 0.286. The summed E-state index contributed by atoms with van der Waals surface area (Å²) in [4.78, 5) is 8.46. The second kappa shape index (κ2) is 7.31. The molecule has 0 unspecified atom stereocenters. The van der Waals surface area contributed by atoms with Gasteiger partial charge >= 0.3 is 0 Å². The van der Waals surface area contributed by atoms with Crippen LogP contribution in [0.2, 0.25) is 0 Å². The Labute approximate surface area is 130 Å². The van der Waals surface area contributed by atoms with Crippen molar-refractivity contribution in [2.24, 2.45) is 0 Å². The summed E-state index contributed by atoms with van der Waals surface area (Å²) in [6, 6.07) is 3.79. The van der Waals surface area contributed by atoms with Gasteiger partial charge in [0.15, 0.2) is 11.6 Å². The summed E-state index contributed by atoms with van der Waals surface area (Å²) in [5.74, 6) is -0.601. The number of halogens is 3. The lowest BCUT2D eigenvalue weighted by molar-refractivity contribution is 0.507. The minimum Gasteiger partial charge on any atom is -0.365 e. The van der Waals surface area contributed by atoms with E-state index in [0.717, 1.165) is 25.1 Å². The van der Waals surface area contributed by atoms with Crippen LogP contribution in [0.25, 0.3) is 0 Å². The molecule has 0 atom stereocenters. The van der Waals surface area contributed by atoms with E-state index in [-0.39, 0.29) is 0 Å². The van der Waals surface area contributed by atoms with Crippen LogP contribution in [-0.4, -0.2) is 16.5 Å². The lowest BCUT2D eigenvalue weighted by atomic mass is 10.2. The van der Waals surface area contributed by atoms with E-state index in [4.69, 9.17) is 0 Å². The molecule has 0 aliphatic carbocycles. The van der Waals surface area contributed by atoms with Gasteiger partial charge < -0.3 is 10.6 Å². The highest BCUT2D eigenvalue weighted by Gasteiger charge is 2.06. The van der Waals surface area contributed by atoms with Gasteiger partial charge in [-0.2, -0.15) is 4.98 Å². The molecule has 1 heterocycles. The van der Waals surface area contributed by atoms with Gasteiger partial charge in [-0.15, -0.1) is 0 Å². The number of nitrogens with zero attached hydrogens (tertiary/aromatic N) is 2. The minimum atomic E-state index is -0.860. The van der Waals surface area contributed by atoms with Gasteiger partial charge in [0.1, 0.15) is 5.82 Å². The first-order valence-electron chi connectivity index (χ1n) is 6.54. The van der Waals surface area contributed by atoms with E-state index in [1.807, 2.05) is 6.92 Å². The van der Waals surface area contributed by atoms with Gasteiger partial charge in [-0.25, -0.2) is 13.8 Å². The van der Waals surface area contributed by atoms with Crippen molar-refractivity contribution in [3.63, 3.8) is 0 Å². The second-order valence-electron chi connectivity index (χ2n) is 4.42. The van der Waals surface area contributed by atoms with E-state index in [1.165, 1.54) is 6.07 Å². The van der Waals surface area contributed by atoms with Crippen molar-refractivity contribution < 1.29 is 8.78 Å². The number of anilines is 2. The van der Waals surface area contributed by atoms with Gasteiger partial charge in [-0.3, -0.25) is 0 Å². The highest BCUT2D eigenvalue weighted by molar-refractivity contribution is 9.10. The molecule has 2 rings (SSSR count). The summed E-state index contributed by atoms with van der Waals surface area (Å²) in [5.41, 5.74) is 0.627. The van der Waals surface area contributed by atoms with E-state index >= 15 is 0 Å². The molecule has 0 saturated heterocycles. The van der Waals surface area contributed by atoms with Crippen LogP contribution in [0, 0.1) is 11.6 Å². The number of nitrogens with one attached hydrogen (secondary N) is 2. The first kappa shape index (κ1) is 15.6. The smallest absolute Gasteiger partial charge is 0.224 e. The maximum atomic E-state index is 13.1. The third-order valence-electron chi connectivity index (χ3n) is 2.72. The first-order chi connectivity index (χ1) is 10.1. The summed E-state index contributed by atoms with van der Waals surface area (Å²) < 4.78 is 26.7. The molecule has 112 valence electrons. The Hall–Kier alpha value is -1.76. The molecule has 0 amide bonds. The monoisotopic (exact) mass is 356 g/mol. The molecule has 1 aromatic heterocycles. The van der Waals surface area contributed by atoms with Crippen molar-refractivity contribution in [3.05, 3.63) is 46.1 Å². The van der Waals surface area contributed by atoms with Gasteiger partial charge in [0.25, 0.3) is 0 Å². The Morgan fingerprint density at radius 1 is 1.19 bits per heavy atom. The van der Waals surface area contributed by atoms with E-state index in [0.29, 0.717) is 28.3 Å². The standard InChI is InChI=1S/C14H15BrF2N4/c1-2-5-18-14-20-8-10(15)13(21-14)19-7-9-3-4-11(16)12(17)6-9/h3-4,6,8H,2,5,7H2,1H3,(H2,18,19,20,21). The molecule has 0 radical (unpaired) electrons. The molecule has 0 saturated carbocycles. The second-order valence-corrected chi connectivity index (χ2v) is 5.27. The summed E-state index contributed by atoms with van der Waals surface area (Å²) in [5, 5.41) is 6.15. The maximum Gasteiger partial charge on any atom is 0.224 e. The fourth-order valence-corrected chi connectivity index (χ4v) is 1.98. The molecular formula is C14H15BrF2N4. The first-order valence-corrected chi connectivity index (χ1v) is 7.33. The Bertz CT molecular complexity index is 622. The lowest BCUT2D eigenvalue weighted by Gasteiger charge is -2.10. The van der Waals surface area contributed by atoms with E-state index in [1.54, 1.807) is 6.20 Å². The molecule has 0 aliphatic heterocycles. The number of rotatable bonds is 6. The van der Waals surface area contributed by atoms with Crippen LogP contribution < -0.4 is 10.6 Å². The minimum absolute atomic E-state index is 0.333. The van der Waals surface area contributed by atoms with Crippen molar-refractivity contribution in [2.45, 2.75) is 19.9 Å². The van der Waals surface area contributed by atoms with Gasteiger partial charge in [-0.1, -0.05) is 13.0 Å². The maximum absolute atomic E-state index is 13.1. The molecule has 4 nitrogen and oxygen atoms in total. The average Bonchev–Trinajstić information content (AvgIpc) is 2.48. The number of hydrogen-bond acceptors (Lipinski definition) is 4. The normalized spacial score (nSPS) is 10.5. The van der Waals surface area contributed by atoms with Gasteiger partial charge in [0, 0.05) is 19.3 Å². The van der Waals surface area contributed by atoms with Crippen molar-refractivity contribution in [2.75, 3.05) is 17.2 Å². The topological polar surface area (TPSA) is 49.8 Å². The zero-order chi connectivity index (χ0) is 15.2. The molecule has 21 heavy (non-hydrogen) atoms. The highest BCUT2D eigenvalue weighted by Crippen LogP contribution is 2.21.